The molecule has 16 heavy (non-hydrogen) atoms. The number of aromatic nitrogens is 1. The van der Waals surface area contributed by atoms with Crippen LogP contribution in [0, 0.1) is 0 Å². The molecule has 0 bridgehead atoms. The van der Waals surface area contributed by atoms with E-state index in [1.165, 1.54) is 0 Å². The van der Waals surface area contributed by atoms with Gasteiger partial charge in [-0.15, -0.1) is 0 Å². The molecule has 5 N–H and O–H groups in total. The predicted octanol–water partition coefficient (Wildman–Crippen LogP) is -1.50. The van der Waals surface area contributed by atoms with Crippen molar-refractivity contribution in [2.75, 3.05) is 25.1 Å². The van der Waals surface area contributed by atoms with Gasteiger partial charge in [0.1, 0.15) is 11.8 Å². The molecule has 1 aromatic heterocycles. The van der Waals surface area contributed by atoms with E-state index in [9.17, 15) is 4.79 Å². The maximum atomic E-state index is 10.5. The number of carbonyl (C=O) groups is 1. The second kappa shape index (κ2) is 4.92. The van der Waals surface area contributed by atoms with Crippen molar-refractivity contribution in [3.63, 3.8) is 0 Å². The lowest BCUT2D eigenvalue weighted by molar-refractivity contribution is 0.0690. The van der Waals surface area contributed by atoms with Crippen LogP contribution in [0.25, 0.3) is 0 Å². The third kappa shape index (κ3) is 2.48. The van der Waals surface area contributed by atoms with Crippen molar-refractivity contribution >= 4 is 12.0 Å². The quantitative estimate of drug-likeness (QED) is 0.399. The Kier molecular flexibility index (Phi) is 3.82. The summed E-state index contributed by atoms with van der Waals surface area (Å²) in [7, 11) is 0. The van der Waals surface area contributed by atoms with E-state index in [0.29, 0.717) is 0 Å². The first-order valence-electron chi connectivity index (χ1n) is 4.36. The summed E-state index contributed by atoms with van der Waals surface area (Å²) in [5, 5.41) is 38.0. The molecular formula is C8H12N2O6. The minimum atomic E-state index is -1.40. The van der Waals surface area contributed by atoms with Crippen LogP contribution in [0.2, 0.25) is 0 Å². The highest BCUT2D eigenvalue weighted by molar-refractivity contribution is 5.85. The number of oxazole rings is 1. The van der Waals surface area contributed by atoms with E-state index in [4.69, 9.17) is 24.8 Å². The Morgan fingerprint density at radius 2 is 1.94 bits per heavy atom. The van der Waals surface area contributed by atoms with Gasteiger partial charge in [0.25, 0.3) is 6.01 Å². The molecule has 1 aromatic rings. The molecule has 0 fully saturated rings. The van der Waals surface area contributed by atoms with Crippen LogP contribution in [0.5, 0.6) is 0 Å². The lowest BCUT2D eigenvalue weighted by Gasteiger charge is -2.27. The molecule has 0 aliphatic rings. The molecule has 0 aliphatic heterocycles. The highest BCUT2D eigenvalue weighted by atomic mass is 16.4. The molecule has 0 aromatic carbocycles. The molecule has 0 saturated heterocycles. The summed E-state index contributed by atoms with van der Waals surface area (Å²) in [6, 6.07) is -0.199. The van der Waals surface area contributed by atoms with E-state index in [-0.39, 0.29) is 11.7 Å². The first-order valence-corrected chi connectivity index (χ1v) is 4.36. The van der Waals surface area contributed by atoms with Gasteiger partial charge >= 0.3 is 5.97 Å². The van der Waals surface area contributed by atoms with E-state index >= 15 is 0 Å². The average molecular weight is 232 g/mol. The number of anilines is 1. The normalized spacial score (nSPS) is 11.4. The standard InChI is InChI=1S/C8H12N2O6/c11-2-8(3-12,4-13)10-7-9-5(1-16-7)6(14)15/h1,11-13H,2-4H2,(H,9,10)(H,14,15). The zero-order valence-electron chi connectivity index (χ0n) is 8.25. The van der Waals surface area contributed by atoms with Crippen LogP contribution in [-0.4, -0.2) is 56.7 Å². The Morgan fingerprint density at radius 3 is 2.31 bits per heavy atom. The first kappa shape index (κ1) is 12.4. The number of hydrogen-bond donors (Lipinski definition) is 5. The number of carboxylic acid groups (broad SMARTS) is 1. The molecule has 0 spiro atoms. The summed E-state index contributed by atoms with van der Waals surface area (Å²) in [6.07, 6.45) is 0.904. The van der Waals surface area contributed by atoms with Crippen molar-refractivity contribution in [3.8, 4) is 0 Å². The van der Waals surface area contributed by atoms with E-state index in [0.717, 1.165) is 6.26 Å². The fourth-order valence-electron chi connectivity index (χ4n) is 0.925. The molecule has 1 rings (SSSR count). The van der Waals surface area contributed by atoms with Gasteiger partial charge in [0, 0.05) is 0 Å². The summed E-state index contributed by atoms with van der Waals surface area (Å²) >= 11 is 0. The zero-order valence-corrected chi connectivity index (χ0v) is 8.25. The fraction of sp³-hybridized carbons (Fsp3) is 0.500. The predicted molar refractivity (Wildman–Crippen MR) is 51.1 cm³/mol. The highest BCUT2D eigenvalue weighted by Gasteiger charge is 2.29. The van der Waals surface area contributed by atoms with Gasteiger partial charge in [-0.05, 0) is 0 Å². The van der Waals surface area contributed by atoms with E-state index in [1.54, 1.807) is 0 Å². The van der Waals surface area contributed by atoms with Crippen LogP contribution in [0.4, 0.5) is 6.01 Å². The smallest absolute Gasteiger partial charge is 0.357 e. The molecule has 90 valence electrons. The maximum Gasteiger partial charge on any atom is 0.357 e. The average Bonchev–Trinajstić information content (AvgIpc) is 2.74. The molecule has 0 saturated carbocycles. The van der Waals surface area contributed by atoms with Crippen LogP contribution in [-0.2, 0) is 0 Å². The topological polar surface area (TPSA) is 136 Å². The van der Waals surface area contributed by atoms with Crippen molar-refractivity contribution in [1.29, 1.82) is 0 Å². The Balaban J connectivity index is 2.81. The lowest BCUT2D eigenvalue weighted by Crippen LogP contribution is -2.49. The molecular weight excluding hydrogens is 220 g/mol. The largest absolute Gasteiger partial charge is 0.476 e. The zero-order chi connectivity index (χ0) is 12.2. The second-order valence-corrected chi connectivity index (χ2v) is 3.22. The van der Waals surface area contributed by atoms with Gasteiger partial charge in [-0.1, -0.05) is 0 Å². The highest BCUT2D eigenvalue weighted by Crippen LogP contribution is 2.14. The minimum absolute atomic E-state index is 0.199. The van der Waals surface area contributed by atoms with Gasteiger partial charge in [-0.2, -0.15) is 4.98 Å². The van der Waals surface area contributed by atoms with Gasteiger partial charge in [0.2, 0.25) is 0 Å². The first-order chi connectivity index (χ1) is 7.56. The molecule has 8 heteroatoms. The van der Waals surface area contributed by atoms with Gasteiger partial charge in [-0.3, -0.25) is 0 Å². The number of aliphatic hydroxyl groups excluding tert-OH is 3. The SMILES string of the molecule is O=C(O)c1coc(NC(CO)(CO)CO)n1. The molecule has 0 atom stereocenters. The van der Waals surface area contributed by atoms with Crippen LogP contribution in [0.15, 0.2) is 10.7 Å². The summed E-state index contributed by atoms with van der Waals surface area (Å²) in [4.78, 5) is 14.0. The summed E-state index contributed by atoms with van der Waals surface area (Å²) in [6.45, 7) is -1.69. The van der Waals surface area contributed by atoms with Crippen molar-refractivity contribution in [2.45, 2.75) is 5.54 Å². The van der Waals surface area contributed by atoms with Gasteiger partial charge in [0.05, 0.1) is 19.8 Å². The van der Waals surface area contributed by atoms with E-state index < -0.39 is 31.3 Å². The number of nitrogens with zero attached hydrogens (tertiary/aromatic N) is 1. The van der Waals surface area contributed by atoms with Gasteiger partial charge in [0.15, 0.2) is 5.69 Å². The number of carboxylic acids is 1. The van der Waals surface area contributed by atoms with Crippen molar-refractivity contribution < 1.29 is 29.6 Å². The fourth-order valence-corrected chi connectivity index (χ4v) is 0.925. The molecule has 0 radical (unpaired) electrons. The lowest BCUT2D eigenvalue weighted by atomic mass is 10.0. The van der Waals surface area contributed by atoms with Crippen LogP contribution < -0.4 is 5.32 Å². The summed E-state index contributed by atoms with van der Waals surface area (Å²) in [5.41, 5.74) is -1.72. The number of hydrogen-bond acceptors (Lipinski definition) is 7. The minimum Gasteiger partial charge on any atom is -0.476 e. The maximum absolute atomic E-state index is 10.5. The Labute approximate surface area is 90.2 Å². The second-order valence-electron chi connectivity index (χ2n) is 3.22. The van der Waals surface area contributed by atoms with Gasteiger partial charge in [-0.25, -0.2) is 4.79 Å². The molecule has 0 unspecified atom stereocenters. The monoisotopic (exact) mass is 232 g/mol. The van der Waals surface area contributed by atoms with Crippen molar-refractivity contribution in [1.82, 2.24) is 4.98 Å². The van der Waals surface area contributed by atoms with Crippen LogP contribution >= 0.6 is 0 Å². The molecule has 0 amide bonds. The molecule has 8 nitrogen and oxygen atoms in total. The number of aliphatic hydroxyl groups is 3. The molecule has 0 aliphatic carbocycles. The van der Waals surface area contributed by atoms with E-state index in [2.05, 4.69) is 10.3 Å². The Hall–Kier alpha value is -1.64. The molecule has 1 heterocycles. The van der Waals surface area contributed by atoms with Crippen LogP contribution in [0.3, 0.4) is 0 Å². The van der Waals surface area contributed by atoms with Crippen molar-refractivity contribution in [3.05, 3.63) is 12.0 Å². The number of nitrogens with one attached hydrogen (secondary N) is 1. The third-order valence-corrected chi connectivity index (χ3v) is 2.00. The Morgan fingerprint density at radius 1 is 1.38 bits per heavy atom. The third-order valence-electron chi connectivity index (χ3n) is 2.00. The van der Waals surface area contributed by atoms with E-state index in [1.807, 2.05) is 0 Å². The summed E-state index contributed by atoms with van der Waals surface area (Å²) < 4.78 is 4.75. The Bertz CT molecular complexity index is 351. The van der Waals surface area contributed by atoms with Gasteiger partial charge < -0.3 is 30.2 Å². The number of aromatic carboxylic acids is 1. The van der Waals surface area contributed by atoms with Crippen LogP contribution in [0.1, 0.15) is 10.5 Å². The van der Waals surface area contributed by atoms with Crippen molar-refractivity contribution in [2.24, 2.45) is 0 Å². The summed E-state index contributed by atoms with van der Waals surface area (Å²) in [5.74, 6) is -1.26. The number of rotatable bonds is 6.